The number of hydrogen-bond donors (Lipinski definition) is 2. The van der Waals surface area contributed by atoms with Crippen molar-refractivity contribution >= 4 is 23.4 Å². The van der Waals surface area contributed by atoms with Gasteiger partial charge in [0, 0.05) is 31.9 Å². The first-order chi connectivity index (χ1) is 9.65. The summed E-state index contributed by atoms with van der Waals surface area (Å²) in [4.78, 5) is 14.4. The van der Waals surface area contributed by atoms with E-state index in [0.29, 0.717) is 30.5 Å². The van der Waals surface area contributed by atoms with Crippen LogP contribution < -0.4 is 10.6 Å². The molecule has 0 aliphatic rings. The highest BCUT2D eigenvalue weighted by Gasteiger charge is 2.11. The minimum absolute atomic E-state index is 0.134. The number of pyridine rings is 1. The number of rotatable bonds is 6. The molecule has 0 amide bonds. The summed E-state index contributed by atoms with van der Waals surface area (Å²) in [6.07, 6.45) is 7.06. The molecule has 0 saturated heterocycles. The summed E-state index contributed by atoms with van der Waals surface area (Å²) in [7, 11) is 0. The SMILES string of the molecule is N=C(N)CCN(Cc1cccnc1)c1ncc(Cl)cn1. The molecular weight excluding hydrogens is 276 g/mol. The van der Waals surface area contributed by atoms with Gasteiger partial charge in [-0.25, -0.2) is 9.97 Å². The Morgan fingerprint density at radius 1 is 1.30 bits per heavy atom. The van der Waals surface area contributed by atoms with Gasteiger partial charge in [0.05, 0.1) is 23.3 Å². The number of aromatic nitrogens is 3. The Labute approximate surface area is 122 Å². The van der Waals surface area contributed by atoms with E-state index in [2.05, 4.69) is 15.0 Å². The smallest absolute Gasteiger partial charge is 0.225 e. The molecule has 2 aromatic rings. The van der Waals surface area contributed by atoms with Crippen molar-refractivity contribution in [2.75, 3.05) is 11.4 Å². The fraction of sp³-hybridized carbons (Fsp3) is 0.231. The largest absolute Gasteiger partial charge is 0.388 e. The molecule has 0 unspecified atom stereocenters. The lowest BCUT2D eigenvalue weighted by Gasteiger charge is -2.22. The van der Waals surface area contributed by atoms with Gasteiger partial charge in [-0.3, -0.25) is 10.4 Å². The van der Waals surface area contributed by atoms with E-state index in [0.717, 1.165) is 5.56 Å². The van der Waals surface area contributed by atoms with Crippen molar-refractivity contribution in [2.45, 2.75) is 13.0 Å². The number of anilines is 1. The highest BCUT2D eigenvalue weighted by Crippen LogP contribution is 2.14. The third-order valence-corrected chi connectivity index (χ3v) is 2.83. The van der Waals surface area contributed by atoms with Crippen LogP contribution in [-0.4, -0.2) is 27.3 Å². The fourth-order valence-electron chi connectivity index (χ4n) is 1.69. The number of hydrogen-bond acceptors (Lipinski definition) is 5. The maximum absolute atomic E-state index is 7.34. The van der Waals surface area contributed by atoms with E-state index in [1.54, 1.807) is 24.8 Å². The molecule has 20 heavy (non-hydrogen) atoms. The summed E-state index contributed by atoms with van der Waals surface area (Å²) in [5, 5.41) is 7.83. The molecule has 0 aromatic carbocycles. The predicted molar refractivity (Wildman–Crippen MR) is 78.9 cm³/mol. The number of nitrogens with one attached hydrogen (secondary N) is 1. The first kappa shape index (κ1) is 14.2. The van der Waals surface area contributed by atoms with Gasteiger partial charge in [-0.1, -0.05) is 17.7 Å². The van der Waals surface area contributed by atoms with E-state index in [1.165, 1.54) is 0 Å². The second kappa shape index (κ2) is 6.81. The van der Waals surface area contributed by atoms with Crippen LogP contribution in [0.4, 0.5) is 5.95 Å². The zero-order valence-electron chi connectivity index (χ0n) is 10.8. The number of nitrogens with two attached hydrogens (primary N) is 1. The Bertz CT molecular complexity index is 557. The minimum atomic E-state index is 0.134. The average Bonchev–Trinajstić information content (AvgIpc) is 2.45. The van der Waals surface area contributed by atoms with E-state index in [4.69, 9.17) is 22.7 Å². The van der Waals surface area contributed by atoms with E-state index < -0.39 is 0 Å². The maximum Gasteiger partial charge on any atom is 0.225 e. The fourth-order valence-corrected chi connectivity index (χ4v) is 1.78. The van der Waals surface area contributed by atoms with Crippen molar-refractivity contribution in [1.82, 2.24) is 15.0 Å². The van der Waals surface area contributed by atoms with Gasteiger partial charge < -0.3 is 10.6 Å². The molecule has 7 heteroatoms. The first-order valence-electron chi connectivity index (χ1n) is 6.09. The van der Waals surface area contributed by atoms with Crippen molar-refractivity contribution in [2.24, 2.45) is 5.73 Å². The topological polar surface area (TPSA) is 91.8 Å². The zero-order chi connectivity index (χ0) is 14.4. The lowest BCUT2D eigenvalue weighted by Crippen LogP contribution is -2.29. The van der Waals surface area contributed by atoms with Crippen LogP contribution in [0.2, 0.25) is 5.02 Å². The van der Waals surface area contributed by atoms with E-state index in [-0.39, 0.29) is 5.84 Å². The minimum Gasteiger partial charge on any atom is -0.388 e. The second-order valence-electron chi connectivity index (χ2n) is 4.26. The number of amidine groups is 1. The lowest BCUT2D eigenvalue weighted by molar-refractivity contribution is 0.765. The van der Waals surface area contributed by atoms with Gasteiger partial charge in [-0.15, -0.1) is 0 Å². The normalized spacial score (nSPS) is 10.2. The van der Waals surface area contributed by atoms with Gasteiger partial charge in [-0.2, -0.15) is 0 Å². The molecular formula is C13H15ClN6. The monoisotopic (exact) mass is 290 g/mol. The third kappa shape index (κ3) is 4.17. The quantitative estimate of drug-likeness (QED) is 0.626. The van der Waals surface area contributed by atoms with Crippen LogP contribution in [0.25, 0.3) is 0 Å². The molecule has 0 aliphatic carbocycles. The Hall–Kier alpha value is -2.21. The van der Waals surface area contributed by atoms with Crippen molar-refractivity contribution < 1.29 is 0 Å². The summed E-state index contributed by atoms with van der Waals surface area (Å²) in [6, 6.07) is 3.85. The summed E-state index contributed by atoms with van der Waals surface area (Å²) in [6.45, 7) is 1.16. The lowest BCUT2D eigenvalue weighted by atomic mass is 10.2. The van der Waals surface area contributed by atoms with Crippen LogP contribution in [-0.2, 0) is 6.54 Å². The number of halogens is 1. The van der Waals surface area contributed by atoms with Gasteiger partial charge in [0.2, 0.25) is 5.95 Å². The van der Waals surface area contributed by atoms with Crippen LogP contribution >= 0.6 is 11.6 Å². The molecule has 0 saturated carbocycles. The molecule has 6 nitrogen and oxygen atoms in total. The molecule has 2 heterocycles. The Kier molecular flexibility index (Phi) is 4.84. The first-order valence-corrected chi connectivity index (χ1v) is 6.47. The van der Waals surface area contributed by atoms with Crippen LogP contribution in [0, 0.1) is 5.41 Å². The van der Waals surface area contributed by atoms with E-state index in [9.17, 15) is 0 Å². The standard InChI is InChI=1S/C13H15ClN6/c14-11-7-18-13(19-8-11)20(5-3-12(15)16)9-10-2-1-4-17-6-10/h1-2,4,6-8H,3,5,9H2,(H3,15,16). The molecule has 0 fully saturated rings. The molecule has 0 spiro atoms. The highest BCUT2D eigenvalue weighted by atomic mass is 35.5. The average molecular weight is 291 g/mol. The van der Waals surface area contributed by atoms with E-state index >= 15 is 0 Å². The summed E-state index contributed by atoms with van der Waals surface area (Å²) in [5.74, 6) is 0.689. The molecule has 104 valence electrons. The Morgan fingerprint density at radius 2 is 2.05 bits per heavy atom. The Morgan fingerprint density at radius 3 is 2.65 bits per heavy atom. The molecule has 0 radical (unpaired) electrons. The molecule has 0 bridgehead atoms. The summed E-state index contributed by atoms with van der Waals surface area (Å²) >= 11 is 5.80. The summed E-state index contributed by atoms with van der Waals surface area (Å²) in [5.41, 5.74) is 6.46. The van der Waals surface area contributed by atoms with E-state index in [1.807, 2.05) is 17.0 Å². The van der Waals surface area contributed by atoms with Gasteiger partial charge >= 0.3 is 0 Å². The number of nitrogens with zero attached hydrogens (tertiary/aromatic N) is 4. The third-order valence-electron chi connectivity index (χ3n) is 2.64. The van der Waals surface area contributed by atoms with Crippen molar-refractivity contribution in [1.29, 1.82) is 5.41 Å². The molecule has 0 aliphatic heterocycles. The van der Waals surface area contributed by atoms with Crippen molar-refractivity contribution in [3.8, 4) is 0 Å². The van der Waals surface area contributed by atoms with Gasteiger partial charge in [0.1, 0.15) is 0 Å². The molecule has 2 rings (SSSR count). The van der Waals surface area contributed by atoms with Gasteiger partial charge in [-0.05, 0) is 11.6 Å². The van der Waals surface area contributed by atoms with Crippen LogP contribution in [0.15, 0.2) is 36.9 Å². The predicted octanol–water partition coefficient (Wildman–Crippen LogP) is 1.86. The highest BCUT2D eigenvalue weighted by molar-refractivity contribution is 6.30. The Balaban J connectivity index is 2.15. The van der Waals surface area contributed by atoms with Gasteiger partial charge in [0.25, 0.3) is 0 Å². The van der Waals surface area contributed by atoms with Crippen molar-refractivity contribution in [3.63, 3.8) is 0 Å². The van der Waals surface area contributed by atoms with Crippen molar-refractivity contribution in [3.05, 3.63) is 47.5 Å². The van der Waals surface area contributed by atoms with Crippen LogP contribution in [0.1, 0.15) is 12.0 Å². The van der Waals surface area contributed by atoms with Crippen LogP contribution in [0.5, 0.6) is 0 Å². The van der Waals surface area contributed by atoms with Gasteiger partial charge in [0.15, 0.2) is 0 Å². The maximum atomic E-state index is 7.34. The van der Waals surface area contributed by atoms with Crippen LogP contribution in [0.3, 0.4) is 0 Å². The zero-order valence-corrected chi connectivity index (χ0v) is 11.6. The molecule has 2 aromatic heterocycles. The molecule has 0 atom stereocenters. The summed E-state index contributed by atoms with van der Waals surface area (Å²) < 4.78 is 0. The second-order valence-corrected chi connectivity index (χ2v) is 4.70. The molecule has 3 N–H and O–H groups in total.